The Hall–Kier alpha value is -4.72. The summed E-state index contributed by atoms with van der Waals surface area (Å²) < 4.78 is 19.6. The van der Waals surface area contributed by atoms with E-state index in [-0.39, 0.29) is 18.1 Å². The summed E-state index contributed by atoms with van der Waals surface area (Å²) >= 11 is 0. The summed E-state index contributed by atoms with van der Waals surface area (Å²) in [5.74, 6) is 0.361. The molecule has 9 heteroatoms. The smallest absolute Gasteiger partial charge is 0.415 e. The van der Waals surface area contributed by atoms with Crippen LogP contribution in [0.2, 0.25) is 0 Å². The van der Waals surface area contributed by atoms with Crippen molar-refractivity contribution in [1.29, 1.82) is 0 Å². The molecule has 40 heavy (non-hydrogen) atoms. The number of piperidine rings is 1. The first-order valence-corrected chi connectivity index (χ1v) is 12.9. The highest BCUT2D eigenvalue weighted by Crippen LogP contribution is 2.36. The van der Waals surface area contributed by atoms with Crippen molar-refractivity contribution in [2.75, 3.05) is 24.5 Å². The van der Waals surface area contributed by atoms with E-state index in [4.69, 9.17) is 19.3 Å². The quantitative estimate of drug-likeness (QED) is 0.338. The maximum absolute atomic E-state index is 13.6. The van der Waals surface area contributed by atoms with Crippen LogP contribution < -0.4 is 4.90 Å². The first-order valence-electron chi connectivity index (χ1n) is 12.9. The number of ether oxygens (including phenoxy) is 1. The maximum Gasteiger partial charge on any atom is 0.415 e. The minimum absolute atomic E-state index is 0.250. The highest BCUT2D eigenvalue weighted by Gasteiger charge is 2.47. The fraction of sp³-hybridized carbons (Fsp3) is 0.226. The molecule has 8 nitrogen and oxygen atoms in total. The molecule has 202 valence electrons. The van der Waals surface area contributed by atoms with Crippen molar-refractivity contribution in [3.63, 3.8) is 0 Å². The molecule has 6 rings (SSSR count). The fourth-order valence-electron chi connectivity index (χ4n) is 5.16. The van der Waals surface area contributed by atoms with Gasteiger partial charge in [0.25, 0.3) is 0 Å². The lowest BCUT2D eigenvalue weighted by molar-refractivity contribution is -0.191. The van der Waals surface area contributed by atoms with Gasteiger partial charge in [-0.1, -0.05) is 48.5 Å². The van der Waals surface area contributed by atoms with E-state index in [2.05, 4.69) is 9.88 Å². The Morgan fingerprint density at radius 2 is 1.50 bits per heavy atom. The minimum Gasteiger partial charge on any atom is -0.441 e. The molecule has 2 fully saturated rings. The number of aromatic nitrogens is 2. The second-order valence-electron chi connectivity index (χ2n) is 9.77. The summed E-state index contributed by atoms with van der Waals surface area (Å²) in [4.78, 5) is 42.5. The Morgan fingerprint density at radius 3 is 2.15 bits per heavy atom. The van der Waals surface area contributed by atoms with E-state index in [9.17, 15) is 9.18 Å². The fourth-order valence-corrected chi connectivity index (χ4v) is 5.16. The summed E-state index contributed by atoms with van der Waals surface area (Å²) in [5.41, 5.74) is 3.98. The number of hydrogen-bond donors (Lipinski definition) is 0. The molecule has 1 amide bonds. The predicted molar refractivity (Wildman–Crippen MR) is 145 cm³/mol. The van der Waals surface area contributed by atoms with E-state index >= 15 is 0 Å². The van der Waals surface area contributed by atoms with Gasteiger partial charge in [0.05, 0.1) is 12.2 Å². The van der Waals surface area contributed by atoms with Crippen LogP contribution in [0.1, 0.15) is 18.4 Å². The molecule has 3 aromatic carbocycles. The standard InChI is InChI=1S/C30H27FN4O2.CO2/c31-25-13-11-22(12-14-25)27-24(19-32-28(33-27)23-7-3-1-4-8-23)20-34-17-15-30(16-18-34)21-35(29(36)37-30)26-9-5-2-6-10-26;2-1-3/h1-14,19H,15-18,20-21H2;. The summed E-state index contributed by atoms with van der Waals surface area (Å²) in [6, 6.07) is 26.0. The molecule has 0 saturated carbocycles. The Bertz CT molecular complexity index is 1490. The average molecular weight is 539 g/mol. The lowest BCUT2D eigenvalue weighted by atomic mass is 9.91. The molecular weight excluding hydrogens is 511 g/mol. The average Bonchev–Trinajstić information content (AvgIpc) is 3.31. The van der Waals surface area contributed by atoms with E-state index in [1.807, 2.05) is 66.9 Å². The zero-order valence-electron chi connectivity index (χ0n) is 21.7. The Kier molecular flexibility index (Phi) is 8.05. The van der Waals surface area contributed by atoms with Crippen molar-refractivity contribution >= 4 is 17.9 Å². The highest BCUT2D eigenvalue weighted by atomic mass is 19.1. The van der Waals surface area contributed by atoms with Crippen molar-refractivity contribution in [1.82, 2.24) is 14.9 Å². The number of benzene rings is 3. The molecule has 3 heterocycles. The SMILES string of the molecule is O=C1OC2(CCN(Cc3cnc(-c4ccccc4)nc3-c3ccc(F)cc3)CC2)CN1c1ccccc1.O=C=O. The van der Waals surface area contributed by atoms with Gasteiger partial charge >= 0.3 is 12.2 Å². The monoisotopic (exact) mass is 538 g/mol. The Labute approximate surface area is 231 Å². The third-order valence-electron chi connectivity index (χ3n) is 7.21. The second kappa shape index (κ2) is 12.0. The second-order valence-corrected chi connectivity index (χ2v) is 9.77. The summed E-state index contributed by atoms with van der Waals surface area (Å²) in [6.07, 6.45) is 3.38. The third kappa shape index (κ3) is 5.96. The van der Waals surface area contributed by atoms with Gasteiger partial charge in [-0.05, 0) is 36.4 Å². The van der Waals surface area contributed by atoms with E-state index in [0.717, 1.165) is 54.0 Å². The van der Waals surface area contributed by atoms with Crippen molar-refractivity contribution in [2.45, 2.75) is 25.0 Å². The van der Waals surface area contributed by atoms with Gasteiger partial charge in [-0.15, -0.1) is 0 Å². The van der Waals surface area contributed by atoms with Crippen molar-refractivity contribution in [3.05, 3.63) is 103 Å². The van der Waals surface area contributed by atoms with Gasteiger partial charge in [0.1, 0.15) is 11.4 Å². The third-order valence-corrected chi connectivity index (χ3v) is 7.21. The molecule has 0 atom stereocenters. The van der Waals surface area contributed by atoms with Crippen LogP contribution in [0.15, 0.2) is 91.1 Å². The van der Waals surface area contributed by atoms with E-state index in [1.165, 1.54) is 12.1 Å². The van der Waals surface area contributed by atoms with Crippen LogP contribution in [-0.2, 0) is 20.9 Å². The molecule has 0 unspecified atom stereocenters. The van der Waals surface area contributed by atoms with Gasteiger partial charge in [-0.25, -0.2) is 19.2 Å². The van der Waals surface area contributed by atoms with Crippen LogP contribution in [0, 0.1) is 5.82 Å². The highest BCUT2D eigenvalue weighted by molar-refractivity contribution is 5.90. The normalized spacial score (nSPS) is 16.1. The molecule has 1 aromatic heterocycles. The molecule has 0 bridgehead atoms. The molecule has 0 radical (unpaired) electrons. The zero-order valence-corrected chi connectivity index (χ0v) is 21.7. The molecule has 0 N–H and O–H groups in total. The van der Waals surface area contributed by atoms with Crippen LogP contribution in [0.25, 0.3) is 22.6 Å². The van der Waals surface area contributed by atoms with Gasteiger partial charge in [-0.3, -0.25) is 9.80 Å². The van der Waals surface area contributed by atoms with Gasteiger partial charge < -0.3 is 4.74 Å². The van der Waals surface area contributed by atoms with Crippen molar-refractivity contribution in [3.8, 4) is 22.6 Å². The first-order chi connectivity index (χ1) is 19.5. The van der Waals surface area contributed by atoms with Crippen molar-refractivity contribution in [2.24, 2.45) is 0 Å². The number of carbonyl (C=O) groups is 1. The van der Waals surface area contributed by atoms with E-state index in [0.29, 0.717) is 18.9 Å². The van der Waals surface area contributed by atoms with Gasteiger partial charge in [0.15, 0.2) is 5.82 Å². The summed E-state index contributed by atoms with van der Waals surface area (Å²) in [6.45, 7) is 2.81. The van der Waals surface area contributed by atoms with Crippen molar-refractivity contribution < 1.29 is 23.5 Å². The first kappa shape index (κ1) is 26.9. The number of nitrogens with zero attached hydrogens (tertiary/aromatic N) is 4. The van der Waals surface area contributed by atoms with Gasteiger partial charge in [0, 0.05) is 61.1 Å². The predicted octanol–water partition coefficient (Wildman–Crippen LogP) is 5.36. The van der Waals surface area contributed by atoms with Gasteiger partial charge in [-0.2, -0.15) is 9.59 Å². The van der Waals surface area contributed by atoms with Crippen LogP contribution in [0.3, 0.4) is 0 Å². The van der Waals surface area contributed by atoms with Crippen LogP contribution in [0.5, 0.6) is 0 Å². The molecule has 4 aromatic rings. The number of hydrogen-bond acceptors (Lipinski definition) is 7. The number of para-hydroxylation sites is 1. The molecule has 2 aliphatic rings. The topological polar surface area (TPSA) is 92.7 Å². The Balaban J connectivity index is 0.00000103. The maximum atomic E-state index is 13.6. The number of amides is 1. The van der Waals surface area contributed by atoms with Crippen LogP contribution in [-0.4, -0.2) is 52.3 Å². The molecule has 0 aliphatic carbocycles. The number of anilines is 1. The number of likely N-dealkylation sites (tertiary alicyclic amines) is 1. The van der Waals surface area contributed by atoms with E-state index in [1.54, 1.807) is 17.0 Å². The summed E-state index contributed by atoms with van der Waals surface area (Å²) in [7, 11) is 0. The largest absolute Gasteiger partial charge is 0.441 e. The molecule has 1 spiro atoms. The lowest BCUT2D eigenvalue weighted by Gasteiger charge is -2.37. The van der Waals surface area contributed by atoms with E-state index < -0.39 is 5.60 Å². The molecule has 2 saturated heterocycles. The molecule has 2 aliphatic heterocycles. The Morgan fingerprint density at radius 1 is 0.875 bits per heavy atom. The lowest BCUT2D eigenvalue weighted by Crippen LogP contribution is -2.46. The van der Waals surface area contributed by atoms with Crippen LogP contribution in [0.4, 0.5) is 14.9 Å². The van der Waals surface area contributed by atoms with Gasteiger partial charge in [0.2, 0.25) is 0 Å². The van der Waals surface area contributed by atoms with Crippen LogP contribution >= 0.6 is 0 Å². The number of rotatable bonds is 5. The number of halogens is 1. The summed E-state index contributed by atoms with van der Waals surface area (Å²) in [5, 5.41) is 0. The minimum atomic E-state index is -0.461. The number of carbonyl (C=O) groups excluding carboxylic acids is 3. The molecular formula is C31H27FN4O4. The zero-order chi connectivity index (χ0) is 28.0.